The van der Waals surface area contributed by atoms with Gasteiger partial charge in [-0.1, -0.05) is 0 Å². The van der Waals surface area contributed by atoms with Gasteiger partial charge in [-0.3, -0.25) is 14.7 Å². The van der Waals surface area contributed by atoms with E-state index in [9.17, 15) is 4.79 Å². The number of hydroxylamine groups is 1. The molecule has 0 unspecified atom stereocenters. The lowest BCUT2D eigenvalue weighted by molar-refractivity contribution is -0.130. The zero-order chi connectivity index (χ0) is 16.2. The summed E-state index contributed by atoms with van der Waals surface area (Å²) < 4.78 is 6.49. The quantitative estimate of drug-likeness (QED) is 0.477. The molecule has 3 N–H and O–H groups in total. The highest BCUT2D eigenvalue weighted by molar-refractivity contribution is 5.90. The van der Waals surface area contributed by atoms with Gasteiger partial charge in [-0.05, 0) is 12.1 Å². The van der Waals surface area contributed by atoms with Crippen LogP contribution in [0.15, 0.2) is 36.8 Å². The predicted molar refractivity (Wildman–Crippen MR) is 81.5 cm³/mol. The van der Waals surface area contributed by atoms with Crippen molar-refractivity contribution in [1.29, 1.82) is 0 Å². The number of fused-ring (bicyclic) bond motifs is 1. The number of methoxy groups -OCH3 is 1. The molecule has 3 aromatic rings. The Morgan fingerprint density at radius 2 is 2.26 bits per heavy atom. The first kappa shape index (κ1) is 14.7. The fourth-order valence-corrected chi connectivity index (χ4v) is 2.09. The second-order valence-electron chi connectivity index (χ2n) is 4.67. The van der Waals surface area contributed by atoms with Crippen molar-refractivity contribution in [2.24, 2.45) is 0 Å². The summed E-state index contributed by atoms with van der Waals surface area (Å²) in [5, 5.41) is 16.6. The van der Waals surface area contributed by atoms with Gasteiger partial charge in [0.25, 0.3) is 5.91 Å². The minimum atomic E-state index is -0.551. The largest absolute Gasteiger partial charge is 0.481 e. The molecule has 23 heavy (non-hydrogen) atoms. The number of rotatable bonds is 5. The van der Waals surface area contributed by atoms with E-state index in [0.717, 1.165) is 11.1 Å². The normalized spacial score (nSPS) is 10.5. The van der Waals surface area contributed by atoms with E-state index in [0.29, 0.717) is 17.2 Å². The van der Waals surface area contributed by atoms with Crippen LogP contribution in [0.4, 0.5) is 11.4 Å². The molecule has 3 rings (SSSR count). The molecule has 0 fully saturated rings. The van der Waals surface area contributed by atoms with Gasteiger partial charge in [-0.15, -0.1) is 0 Å². The summed E-state index contributed by atoms with van der Waals surface area (Å²) in [5.41, 5.74) is 3.61. The summed E-state index contributed by atoms with van der Waals surface area (Å²) in [6, 6.07) is 5.43. The van der Waals surface area contributed by atoms with E-state index in [-0.39, 0.29) is 6.54 Å². The molecule has 0 aromatic carbocycles. The maximum absolute atomic E-state index is 11.1. The first-order valence-electron chi connectivity index (χ1n) is 6.72. The van der Waals surface area contributed by atoms with Crippen LogP contribution in [0.3, 0.4) is 0 Å². The van der Waals surface area contributed by atoms with Gasteiger partial charge in [0.05, 0.1) is 24.7 Å². The highest BCUT2D eigenvalue weighted by atomic mass is 16.5. The fraction of sp³-hybridized carbons (Fsp3) is 0.143. The van der Waals surface area contributed by atoms with E-state index in [1.807, 2.05) is 12.1 Å². The van der Waals surface area contributed by atoms with Gasteiger partial charge >= 0.3 is 0 Å². The Kier molecular flexibility index (Phi) is 4.02. The number of pyridine rings is 2. The number of nitrogens with one attached hydrogen (secondary N) is 2. The van der Waals surface area contributed by atoms with Crippen molar-refractivity contribution in [1.82, 2.24) is 25.2 Å². The molecule has 9 nitrogen and oxygen atoms in total. The third-order valence-electron chi connectivity index (χ3n) is 3.13. The van der Waals surface area contributed by atoms with Crippen LogP contribution in [0, 0.1) is 0 Å². The highest BCUT2D eigenvalue weighted by Crippen LogP contribution is 2.25. The molecule has 118 valence electrons. The topological polar surface area (TPSA) is 114 Å². The van der Waals surface area contributed by atoms with Gasteiger partial charge in [-0.25, -0.2) is 10.5 Å². The van der Waals surface area contributed by atoms with Crippen LogP contribution < -0.4 is 15.5 Å². The van der Waals surface area contributed by atoms with Crippen molar-refractivity contribution in [2.75, 3.05) is 12.4 Å². The molecule has 3 aromatic heterocycles. The van der Waals surface area contributed by atoms with Crippen LogP contribution in [0.2, 0.25) is 0 Å². The van der Waals surface area contributed by atoms with Gasteiger partial charge in [0.1, 0.15) is 6.54 Å². The van der Waals surface area contributed by atoms with Crippen LogP contribution in [0.25, 0.3) is 11.0 Å². The Balaban J connectivity index is 1.85. The average Bonchev–Trinajstić information content (AvgIpc) is 3.01. The molecule has 0 radical (unpaired) electrons. The Labute approximate surface area is 130 Å². The Morgan fingerprint density at radius 3 is 3.04 bits per heavy atom. The standard InChI is InChI=1S/C14H14N6O3/c1-23-13-3-2-10-11(4-5-15-14(10)18-13)17-9-6-16-20(7-9)8-12(21)19-22/h2-7,22H,8H2,1H3,(H,19,21)(H,15,17,18). The molecule has 0 aliphatic rings. The molecule has 1 amide bonds. The summed E-state index contributed by atoms with van der Waals surface area (Å²) in [5.74, 6) is -0.0599. The van der Waals surface area contributed by atoms with Crippen LogP contribution in [0.1, 0.15) is 0 Å². The minimum Gasteiger partial charge on any atom is -0.481 e. The smallest absolute Gasteiger partial charge is 0.265 e. The van der Waals surface area contributed by atoms with Crippen LogP contribution >= 0.6 is 0 Å². The molecule has 0 bridgehead atoms. The number of ether oxygens (including phenoxy) is 1. The van der Waals surface area contributed by atoms with Crippen molar-refractivity contribution >= 4 is 28.3 Å². The zero-order valence-corrected chi connectivity index (χ0v) is 12.2. The van der Waals surface area contributed by atoms with Gasteiger partial charge in [0.15, 0.2) is 5.65 Å². The average molecular weight is 314 g/mol. The lowest BCUT2D eigenvalue weighted by Crippen LogP contribution is -2.24. The van der Waals surface area contributed by atoms with Gasteiger partial charge < -0.3 is 10.1 Å². The maximum atomic E-state index is 11.1. The van der Waals surface area contributed by atoms with Crippen LogP contribution in [0.5, 0.6) is 5.88 Å². The van der Waals surface area contributed by atoms with E-state index in [4.69, 9.17) is 9.94 Å². The number of anilines is 2. The lowest BCUT2D eigenvalue weighted by atomic mass is 10.2. The van der Waals surface area contributed by atoms with Gasteiger partial charge in [0, 0.05) is 23.8 Å². The first-order valence-corrected chi connectivity index (χ1v) is 6.72. The highest BCUT2D eigenvalue weighted by Gasteiger charge is 2.07. The molecule has 0 aliphatic carbocycles. The van der Waals surface area contributed by atoms with Crippen LogP contribution in [-0.2, 0) is 11.3 Å². The maximum Gasteiger partial charge on any atom is 0.265 e. The van der Waals surface area contributed by atoms with Crippen LogP contribution in [-0.4, -0.2) is 38.0 Å². The monoisotopic (exact) mass is 314 g/mol. The number of hydrogen-bond donors (Lipinski definition) is 3. The van der Waals surface area contributed by atoms with Crippen molar-refractivity contribution < 1.29 is 14.7 Å². The number of carbonyl (C=O) groups is 1. The second-order valence-corrected chi connectivity index (χ2v) is 4.67. The van der Waals surface area contributed by atoms with Gasteiger partial charge in [-0.2, -0.15) is 10.1 Å². The van der Waals surface area contributed by atoms with E-state index >= 15 is 0 Å². The molecule has 3 heterocycles. The summed E-state index contributed by atoms with van der Waals surface area (Å²) in [6.07, 6.45) is 4.87. The molecule has 9 heteroatoms. The number of nitrogens with zero attached hydrogens (tertiary/aromatic N) is 4. The summed E-state index contributed by atoms with van der Waals surface area (Å²) in [7, 11) is 1.55. The molecule has 0 saturated heterocycles. The molecular weight excluding hydrogens is 300 g/mol. The summed E-state index contributed by atoms with van der Waals surface area (Å²) in [4.78, 5) is 19.6. The van der Waals surface area contributed by atoms with Crippen molar-refractivity contribution in [3.8, 4) is 5.88 Å². The zero-order valence-electron chi connectivity index (χ0n) is 12.2. The van der Waals surface area contributed by atoms with Crippen molar-refractivity contribution in [3.63, 3.8) is 0 Å². The predicted octanol–water partition coefficient (Wildman–Crippen LogP) is 1.08. The second kappa shape index (κ2) is 6.28. The van der Waals surface area contributed by atoms with Gasteiger partial charge in [0.2, 0.25) is 5.88 Å². The molecular formula is C14H14N6O3. The lowest BCUT2D eigenvalue weighted by Gasteiger charge is -2.07. The number of carbonyl (C=O) groups excluding carboxylic acids is 1. The summed E-state index contributed by atoms with van der Waals surface area (Å²) >= 11 is 0. The van der Waals surface area contributed by atoms with E-state index in [2.05, 4.69) is 20.4 Å². The van der Waals surface area contributed by atoms with E-state index < -0.39 is 5.91 Å². The molecule has 0 atom stereocenters. The summed E-state index contributed by atoms with van der Waals surface area (Å²) in [6.45, 7) is -0.0754. The van der Waals surface area contributed by atoms with E-state index in [1.54, 1.807) is 37.2 Å². The van der Waals surface area contributed by atoms with E-state index in [1.165, 1.54) is 4.68 Å². The number of aromatic nitrogens is 4. The number of hydrogen-bond acceptors (Lipinski definition) is 7. The Bertz CT molecular complexity index is 847. The SMILES string of the molecule is COc1ccc2c(Nc3cnn(CC(=O)NO)c3)ccnc2n1. The molecule has 0 spiro atoms. The first-order chi connectivity index (χ1) is 11.2. The third-order valence-corrected chi connectivity index (χ3v) is 3.13. The Hall–Kier alpha value is -3.20. The van der Waals surface area contributed by atoms with Crippen molar-refractivity contribution in [3.05, 3.63) is 36.8 Å². The Morgan fingerprint density at radius 1 is 1.39 bits per heavy atom. The van der Waals surface area contributed by atoms with Crippen molar-refractivity contribution in [2.45, 2.75) is 6.54 Å². The molecule has 0 aliphatic heterocycles. The number of amides is 1. The third kappa shape index (κ3) is 3.19. The fourth-order valence-electron chi connectivity index (χ4n) is 2.09. The molecule has 0 saturated carbocycles. The minimum absolute atomic E-state index is 0.0754.